The molecule has 1 atom stereocenters. The van der Waals surface area contributed by atoms with Crippen LogP contribution in [0.25, 0.3) is 0 Å². The van der Waals surface area contributed by atoms with Crippen molar-refractivity contribution in [3.8, 4) is 11.5 Å². The fourth-order valence-electron chi connectivity index (χ4n) is 3.77. The van der Waals surface area contributed by atoms with Crippen LogP contribution < -0.4 is 14.8 Å². The maximum Gasteiger partial charge on any atom is 0.233 e. The Labute approximate surface area is 196 Å². The van der Waals surface area contributed by atoms with Crippen LogP contribution in [-0.4, -0.2) is 47.5 Å². The van der Waals surface area contributed by atoms with Crippen LogP contribution in [0.1, 0.15) is 30.0 Å². The number of benzene rings is 2. The summed E-state index contributed by atoms with van der Waals surface area (Å²) in [7, 11) is 3.30. The van der Waals surface area contributed by atoms with E-state index in [4.69, 9.17) is 9.47 Å². The van der Waals surface area contributed by atoms with E-state index in [1.165, 1.54) is 28.7 Å². The van der Waals surface area contributed by atoms with Gasteiger partial charge in [-0.15, -0.1) is 10.2 Å². The van der Waals surface area contributed by atoms with Gasteiger partial charge in [0.2, 0.25) is 11.0 Å². The highest BCUT2D eigenvalue weighted by molar-refractivity contribution is 8.01. The Bertz CT molecular complexity index is 1070. The van der Waals surface area contributed by atoms with Crippen molar-refractivity contribution in [2.45, 2.75) is 30.1 Å². The van der Waals surface area contributed by atoms with Gasteiger partial charge in [-0.25, -0.2) is 0 Å². The van der Waals surface area contributed by atoms with Crippen LogP contribution in [0.15, 0.2) is 46.8 Å². The molecule has 9 heteroatoms. The summed E-state index contributed by atoms with van der Waals surface area (Å²) in [6.45, 7) is 2.79. The fraction of sp³-hybridized carbons (Fsp3) is 0.348. The first kappa shape index (κ1) is 22.4. The van der Waals surface area contributed by atoms with Gasteiger partial charge in [0.15, 0.2) is 4.34 Å². The molecule has 2 aromatic carbocycles. The Kier molecular flexibility index (Phi) is 7.16. The highest BCUT2D eigenvalue weighted by atomic mass is 32.2. The standard InChI is InChI=1S/C23H26N4O3S2/c1-15-6-8-16(9-7-15)24-22-25-26-23(32-22)31-14-21(28)27-12-4-5-19(27)18-13-17(29-2)10-11-20(18)30-3/h6-11,13,19H,4-5,12,14H2,1-3H3,(H,24,25). The molecule has 1 unspecified atom stereocenters. The quantitative estimate of drug-likeness (QED) is 0.461. The van der Waals surface area contributed by atoms with E-state index >= 15 is 0 Å². The molecule has 1 amide bonds. The Morgan fingerprint density at radius 2 is 2.00 bits per heavy atom. The van der Waals surface area contributed by atoms with Crippen LogP contribution in [0, 0.1) is 6.92 Å². The topological polar surface area (TPSA) is 76.6 Å². The number of nitrogens with zero attached hydrogens (tertiary/aromatic N) is 3. The number of hydrogen-bond donors (Lipinski definition) is 1. The smallest absolute Gasteiger partial charge is 0.233 e. The van der Waals surface area contributed by atoms with Crippen molar-refractivity contribution >= 4 is 39.8 Å². The van der Waals surface area contributed by atoms with E-state index < -0.39 is 0 Å². The summed E-state index contributed by atoms with van der Waals surface area (Å²) >= 11 is 2.87. The number of amides is 1. The first-order valence-corrected chi connectivity index (χ1v) is 12.2. The van der Waals surface area contributed by atoms with Gasteiger partial charge in [-0.3, -0.25) is 4.79 Å². The van der Waals surface area contributed by atoms with Crippen LogP contribution in [0.3, 0.4) is 0 Å². The van der Waals surface area contributed by atoms with E-state index in [0.717, 1.165) is 46.5 Å². The number of aromatic nitrogens is 2. The number of methoxy groups -OCH3 is 2. The lowest BCUT2D eigenvalue weighted by atomic mass is 10.0. The van der Waals surface area contributed by atoms with Crippen molar-refractivity contribution in [3.05, 3.63) is 53.6 Å². The highest BCUT2D eigenvalue weighted by Crippen LogP contribution is 2.39. The molecule has 32 heavy (non-hydrogen) atoms. The Morgan fingerprint density at radius 1 is 1.19 bits per heavy atom. The summed E-state index contributed by atoms with van der Waals surface area (Å²) in [6, 6.07) is 13.8. The van der Waals surface area contributed by atoms with Crippen LogP contribution in [0.4, 0.5) is 10.8 Å². The van der Waals surface area contributed by atoms with E-state index in [1.807, 2.05) is 47.4 Å². The molecule has 0 bridgehead atoms. The molecule has 168 valence electrons. The molecule has 0 saturated carbocycles. The van der Waals surface area contributed by atoms with Gasteiger partial charge in [0, 0.05) is 17.8 Å². The molecule has 1 saturated heterocycles. The van der Waals surface area contributed by atoms with Crippen molar-refractivity contribution in [3.63, 3.8) is 0 Å². The molecular weight excluding hydrogens is 444 g/mol. The lowest BCUT2D eigenvalue weighted by molar-refractivity contribution is -0.129. The SMILES string of the molecule is COc1ccc(OC)c(C2CCCN2C(=O)CSc2nnc(Nc3ccc(C)cc3)s2)c1. The third-order valence-electron chi connectivity index (χ3n) is 5.40. The molecule has 0 spiro atoms. The number of likely N-dealkylation sites (tertiary alicyclic amines) is 1. The number of rotatable bonds is 8. The highest BCUT2D eigenvalue weighted by Gasteiger charge is 2.32. The van der Waals surface area contributed by atoms with Crippen LogP contribution in [-0.2, 0) is 4.79 Å². The predicted octanol–water partition coefficient (Wildman–Crippen LogP) is 5.06. The van der Waals surface area contributed by atoms with E-state index in [-0.39, 0.29) is 11.9 Å². The van der Waals surface area contributed by atoms with Gasteiger partial charge in [0.25, 0.3) is 0 Å². The summed E-state index contributed by atoms with van der Waals surface area (Å²) in [5.41, 5.74) is 3.16. The third kappa shape index (κ3) is 5.16. The summed E-state index contributed by atoms with van der Waals surface area (Å²) in [6.07, 6.45) is 1.87. The van der Waals surface area contributed by atoms with Gasteiger partial charge in [0.05, 0.1) is 26.0 Å². The van der Waals surface area contributed by atoms with E-state index in [9.17, 15) is 4.79 Å². The van der Waals surface area contributed by atoms with Gasteiger partial charge < -0.3 is 19.7 Å². The summed E-state index contributed by atoms with van der Waals surface area (Å²) in [4.78, 5) is 15.0. The number of nitrogens with one attached hydrogen (secondary N) is 1. The Morgan fingerprint density at radius 3 is 2.75 bits per heavy atom. The molecule has 4 rings (SSSR count). The normalized spacial score (nSPS) is 15.6. The number of aryl methyl sites for hydroxylation is 1. The second kappa shape index (κ2) is 10.2. The van der Waals surface area contributed by atoms with Gasteiger partial charge in [-0.2, -0.15) is 0 Å². The molecule has 1 fully saturated rings. The first-order valence-electron chi connectivity index (χ1n) is 10.4. The number of anilines is 2. The van der Waals surface area contributed by atoms with Crippen LogP contribution >= 0.6 is 23.1 Å². The number of carbonyl (C=O) groups is 1. The minimum Gasteiger partial charge on any atom is -0.497 e. The molecule has 0 aliphatic carbocycles. The fourth-order valence-corrected chi connectivity index (χ4v) is 5.43. The van der Waals surface area contributed by atoms with E-state index in [1.54, 1.807) is 14.2 Å². The number of carbonyl (C=O) groups excluding carboxylic acids is 1. The number of ether oxygens (including phenoxy) is 2. The lowest BCUT2D eigenvalue weighted by Crippen LogP contribution is -2.32. The van der Waals surface area contributed by atoms with Gasteiger partial charge >= 0.3 is 0 Å². The van der Waals surface area contributed by atoms with Gasteiger partial charge in [0.1, 0.15) is 11.5 Å². The minimum atomic E-state index is -0.0127. The van der Waals surface area contributed by atoms with Crippen molar-refractivity contribution in [1.29, 1.82) is 0 Å². The van der Waals surface area contributed by atoms with Gasteiger partial charge in [-0.1, -0.05) is 40.8 Å². The zero-order chi connectivity index (χ0) is 22.5. The molecule has 1 aromatic heterocycles. The number of hydrogen-bond acceptors (Lipinski definition) is 8. The molecule has 0 radical (unpaired) electrons. The number of thioether (sulfide) groups is 1. The van der Waals surface area contributed by atoms with Crippen LogP contribution in [0.2, 0.25) is 0 Å². The van der Waals surface area contributed by atoms with Crippen molar-refractivity contribution in [2.24, 2.45) is 0 Å². The third-order valence-corrected chi connectivity index (χ3v) is 7.35. The van der Waals surface area contributed by atoms with Crippen molar-refractivity contribution in [2.75, 3.05) is 31.8 Å². The molecule has 3 aromatic rings. The first-order chi connectivity index (χ1) is 15.6. The molecule has 2 heterocycles. The zero-order valence-corrected chi connectivity index (χ0v) is 20.0. The van der Waals surface area contributed by atoms with Crippen LogP contribution in [0.5, 0.6) is 11.5 Å². The Balaban J connectivity index is 1.39. The average molecular weight is 471 g/mol. The zero-order valence-electron chi connectivity index (χ0n) is 18.3. The van der Waals surface area contributed by atoms with Crippen molar-refractivity contribution < 1.29 is 14.3 Å². The van der Waals surface area contributed by atoms with E-state index in [0.29, 0.717) is 10.9 Å². The molecular formula is C23H26N4O3S2. The largest absolute Gasteiger partial charge is 0.497 e. The van der Waals surface area contributed by atoms with Gasteiger partial charge in [-0.05, 0) is 50.1 Å². The maximum atomic E-state index is 13.1. The molecule has 1 N–H and O–H groups in total. The molecule has 7 nitrogen and oxygen atoms in total. The van der Waals surface area contributed by atoms with E-state index in [2.05, 4.69) is 22.4 Å². The predicted molar refractivity (Wildman–Crippen MR) is 128 cm³/mol. The second-order valence-electron chi connectivity index (χ2n) is 7.51. The monoisotopic (exact) mass is 470 g/mol. The Hall–Kier alpha value is -2.78. The summed E-state index contributed by atoms with van der Waals surface area (Å²) < 4.78 is 11.7. The maximum absolute atomic E-state index is 13.1. The minimum absolute atomic E-state index is 0.0127. The molecule has 1 aliphatic heterocycles. The average Bonchev–Trinajstić information content (AvgIpc) is 3.48. The second-order valence-corrected chi connectivity index (χ2v) is 9.71. The lowest BCUT2D eigenvalue weighted by Gasteiger charge is -2.26. The summed E-state index contributed by atoms with van der Waals surface area (Å²) in [5.74, 6) is 1.95. The van der Waals surface area contributed by atoms with Crippen molar-refractivity contribution in [1.82, 2.24) is 15.1 Å². The molecule has 1 aliphatic rings. The summed E-state index contributed by atoms with van der Waals surface area (Å²) in [5, 5.41) is 12.4.